The first-order valence-electron chi connectivity index (χ1n) is 10.1. The zero-order valence-corrected chi connectivity index (χ0v) is 18.3. The molecular weight excluding hydrogens is 399 g/mol. The Morgan fingerprint density at radius 2 is 1.75 bits per heavy atom. The van der Waals surface area contributed by atoms with Crippen LogP contribution in [0, 0.1) is 0 Å². The maximum atomic E-state index is 10.7. The van der Waals surface area contributed by atoms with E-state index in [0.29, 0.717) is 6.04 Å². The zero-order valence-electron chi connectivity index (χ0n) is 16.7. The molecule has 28 heavy (non-hydrogen) atoms. The minimum Gasteiger partial charge on any atom is -0.394 e. The van der Waals surface area contributed by atoms with Crippen LogP contribution in [-0.2, 0) is 11.2 Å². The van der Waals surface area contributed by atoms with Gasteiger partial charge in [-0.25, -0.2) is 0 Å². The summed E-state index contributed by atoms with van der Waals surface area (Å²) in [6.07, 6.45) is 6.10. The van der Waals surface area contributed by atoms with E-state index >= 15 is 0 Å². The number of hydrogen-bond donors (Lipinski definition) is 3. The predicted molar refractivity (Wildman–Crippen MR) is 118 cm³/mol. The Morgan fingerprint density at radius 1 is 1.07 bits per heavy atom. The second-order valence-electron chi connectivity index (χ2n) is 7.84. The average Bonchev–Trinajstić information content (AvgIpc) is 3.01. The van der Waals surface area contributed by atoms with Crippen LogP contribution in [0.2, 0.25) is 0 Å². The zero-order chi connectivity index (χ0) is 18.4. The molecule has 7 heteroatoms. The fraction of sp³-hybridized carbons (Fsp3) is 0.714. The van der Waals surface area contributed by atoms with E-state index in [4.69, 9.17) is 4.74 Å². The van der Waals surface area contributed by atoms with Crippen molar-refractivity contribution >= 4 is 24.8 Å². The summed E-state index contributed by atoms with van der Waals surface area (Å²) in [4.78, 5) is 2.19. The number of hydrogen-bond acceptors (Lipinski definition) is 5. The van der Waals surface area contributed by atoms with Crippen molar-refractivity contribution in [3.8, 4) is 0 Å². The van der Waals surface area contributed by atoms with Crippen LogP contribution in [0.1, 0.15) is 37.7 Å². The summed E-state index contributed by atoms with van der Waals surface area (Å²) in [5.74, 6) is 0. The van der Waals surface area contributed by atoms with Gasteiger partial charge in [0.05, 0.1) is 18.8 Å². The molecule has 5 nitrogen and oxygen atoms in total. The van der Waals surface area contributed by atoms with E-state index in [-0.39, 0.29) is 43.6 Å². The van der Waals surface area contributed by atoms with E-state index in [1.54, 1.807) is 0 Å². The normalized spacial score (nSPS) is 28.0. The number of likely N-dealkylation sites (N-methyl/N-ethyl adjacent to an activating group) is 1. The minimum absolute atomic E-state index is 0. The molecule has 1 aromatic carbocycles. The van der Waals surface area contributed by atoms with Gasteiger partial charge in [-0.2, -0.15) is 0 Å². The highest BCUT2D eigenvalue weighted by atomic mass is 35.5. The van der Waals surface area contributed by atoms with Crippen LogP contribution in [0.25, 0.3) is 0 Å². The van der Waals surface area contributed by atoms with Crippen molar-refractivity contribution in [3.05, 3.63) is 35.9 Å². The van der Waals surface area contributed by atoms with Gasteiger partial charge in [-0.3, -0.25) is 4.90 Å². The van der Waals surface area contributed by atoms with Crippen molar-refractivity contribution < 1.29 is 14.9 Å². The highest BCUT2D eigenvalue weighted by Crippen LogP contribution is 2.26. The molecule has 0 bridgehead atoms. The molecule has 1 aliphatic carbocycles. The average molecular weight is 435 g/mol. The maximum Gasteiger partial charge on any atom is 0.109 e. The molecule has 0 unspecified atom stereocenters. The summed E-state index contributed by atoms with van der Waals surface area (Å²) < 4.78 is 6.00. The molecule has 2 aliphatic rings. The van der Waals surface area contributed by atoms with E-state index in [0.717, 1.165) is 19.5 Å². The lowest BCUT2D eigenvalue weighted by molar-refractivity contribution is -0.0220. The largest absolute Gasteiger partial charge is 0.394 e. The molecule has 4 atom stereocenters. The van der Waals surface area contributed by atoms with Crippen LogP contribution in [-0.4, -0.2) is 72.3 Å². The molecule has 1 saturated carbocycles. The quantitative estimate of drug-likeness (QED) is 0.586. The summed E-state index contributed by atoms with van der Waals surface area (Å²) in [7, 11) is 2.05. The van der Waals surface area contributed by atoms with Crippen molar-refractivity contribution in [2.75, 3.05) is 26.7 Å². The lowest BCUT2D eigenvalue weighted by Crippen LogP contribution is -2.50. The van der Waals surface area contributed by atoms with Gasteiger partial charge in [0.15, 0.2) is 0 Å². The van der Waals surface area contributed by atoms with Gasteiger partial charge in [-0.15, -0.1) is 24.8 Å². The lowest BCUT2D eigenvalue weighted by atomic mass is 9.95. The molecule has 0 aromatic heterocycles. The van der Waals surface area contributed by atoms with Crippen molar-refractivity contribution in [1.82, 2.24) is 10.2 Å². The third-order valence-electron chi connectivity index (χ3n) is 5.96. The summed E-state index contributed by atoms with van der Waals surface area (Å²) in [5.41, 5.74) is 1.29. The number of halogens is 2. The molecule has 3 rings (SSSR count). The minimum atomic E-state index is -0.654. The van der Waals surface area contributed by atoms with Gasteiger partial charge >= 0.3 is 0 Å². The Hall–Kier alpha value is -0.400. The number of ether oxygens (including phenoxy) is 1. The lowest BCUT2D eigenvalue weighted by Gasteiger charge is -2.32. The number of nitrogens with one attached hydrogen (secondary N) is 1. The highest BCUT2D eigenvalue weighted by molar-refractivity contribution is 5.85. The SMILES string of the molecule is CN(CCc1ccccc1)[C@@H]1[C@H](O)[C@H](CO)O[C@@H]1CNC1CCCCC1.Cl.Cl. The first-order chi connectivity index (χ1) is 12.7. The molecule has 0 amide bonds. The molecule has 1 aromatic rings. The number of rotatable bonds is 8. The fourth-order valence-electron chi connectivity index (χ4n) is 4.38. The molecule has 1 saturated heterocycles. The second-order valence-corrected chi connectivity index (χ2v) is 7.84. The smallest absolute Gasteiger partial charge is 0.109 e. The van der Waals surface area contributed by atoms with E-state index in [9.17, 15) is 10.2 Å². The Kier molecular flexibility index (Phi) is 11.9. The van der Waals surface area contributed by atoms with Crippen LogP contribution in [0.15, 0.2) is 30.3 Å². The van der Waals surface area contributed by atoms with Crippen molar-refractivity contribution in [1.29, 1.82) is 0 Å². The van der Waals surface area contributed by atoms with Crippen molar-refractivity contribution in [3.63, 3.8) is 0 Å². The number of nitrogens with zero attached hydrogens (tertiary/aromatic N) is 1. The highest BCUT2D eigenvalue weighted by Gasteiger charge is 2.45. The van der Waals surface area contributed by atoms with Gasteiger partial charge in [-0.1, -0.05) is 49.6 Å². The van der Waals surface area contributed by atoms with E-state index in [2.05, 4.69) is 34.5 Å². The molecular formula is C21H36Cl2N2O3. The number of aliphatic hydroxyl groups is 2. The van der Waals surface area contributed by atoms with Gasteiger partial charge in [0.25, 0.3) is 0 Å². The summed E-state index contributed by atoms with van der Waals surface area (Å²) in [5, 5.41) is 23.9. The van der Waals surface area contributed by atoms with Gasteiger partial charge in [0.1, 0.15) is 12.2 Å². The third-order valence-corrected chi connectivity index (χ3v) is 5.96. The van der Waals surface area contributed by atoms with Gasteiger partial charge < -0.3 is 20.3 Å². The fourth-order valence-corrected chi connectivity index (χ4v) is 4.38. The van der Waals surface area contributed by atoms with Gasteiger partial charge in [0, 0.05) is 19.1 Å². The molecule has 162 valence electrons. The summed E-state index contributed by atoms with van der Waals surface area (Å²) >= 11 is 0. The number of benzene rings is 1. The van der Waals surface area contributed by atoms with Crippen LogP contribution >= 0.6 is 24.8 Å². The van der Waals surface area contributed by atoms with Crippen molar-refractivity contribution in [2.45, 2.75) is 68.9 Å². The Balaban J connectivity index is 0.00000196. The van der Waals surface area contributed by atoms with Gasteiger partial charge in [0.2, 0.25) is 0 Å². The molecule has 1 aliphatic heterocycles. The molecule has 0 radical (unpaired) electrons. The topological polar surface area (TPSA) is 65.0 Å². The standard InChI is InChI=1S/C21H34N2O3.2ClH/c1-23(13-12-16-8-4-2-5-9-16)20-18(26-19(15-24)21(20)25)14-22-17-10-6-3-7-11-17;;/h2,4-5,8-9,17-22,24-25H,3,6-7,10-15H2,1H3;2*1H/t18-,19+,20+,21-;;/m1../s1. The Morgan fingerprint density at radius 3 is 2.39 bits per heavy atom. The Labute approximate surface area is 181 Å². The number of aliphatic hydroxyl groups excluding tert-OH is 2. The van der Waals surface area contributed by atoms with Crippen LogP contribution in [0.5, 0.6) is 0 Å². The molecule has 2 fully saturated rings. The third kappa shape index (κ3) is 6.84. The van der Waals surface area contributed by atoms with Gasteiger partial charge in [-0.05, 0) is 31.9 Å². The molecule has 0 spiro atoms. The van der Waals surface area contributed by atoms with Crippen LogP contribution in [0.3, 0.4) is 0 Å². The first-order valence-corrected chi connectivity index (χ1v) is 10.1. The van der Waals surface area contributed by atoms with Crippen LogP contribution < -0.4 is 5.32 Å². The summed E-state index contributed by atoms with van der Waals surface area (Å²) in [6, 6.07) is 10.9. The van der Waals surface area contributed by atoms with Crippen molar-refractivity contribution in [2.24, 2.45) is 0 Å². The molecule has 1 heterocycles. The second kappa shape index (κ2) is 13.0. The monoisotopic (exact) mass is 434 g/mol. The van der Waals surface area contributed by atoms with E-state index in [1.807, 2.05) is 13.1 Å². The molecule has 3 N–H and O–H groups in total. The summed E-state index contributed by atoms with van der Waals surface area (Å²) in [6.45, 7) is 1.45. The van der Waals surface area contributed by atoms with Crippen LogP contribution in [0.4, 0.5) is 0 Å². The Bertz CT molecular complexity index is 532. The van der Waals surface area contributed by atoms with E-state index < -0.39 is 12.2 Å². The first kappa shape index (κ1) is 25.6. The predicted octanol–water partition coefficient (Wildman–Crippen LogP) is 2.42. The maximum absolute atomic E-state index is 10.7. The van der Waals surface area contributed by atoms with E-state index in [1.165, 1.54) is 37.7 Å².